The molecule has 2 rings (SSSR count). The van der Waals surface area contributed by atoms with E-state index in [1.807, 2.05) is 12.1 Å². The SMILES string of the molecule is O=C1CC(O)CN1Cc1ccc(Cl)cc1. The Bertz CT molecular complexity index is 363. The van der Waals surface area contributed by atoms with Crippen molar-refractivity contribution >= 4 is 17.5 Å². The lowest BCUT2D eigenvalue weighted by Crippen LogP contribution is -2.25. The number of halogens is 1. The topological polar surface area (TPSA) is 40.5 Å². The van der Waals surface area contributed by atoms with Crippen molar-refractivity contribution in [2.75, 3.05) is 6.54 Å². The summed E-state index contributed by atoms with van der Waals surface area (Å²) >= 11 is 5.76. The van der Waals surface area contributed by atoms with Crippen LogP contribution in [0.3, 0.4) is 0 Å². The summed E-state index contributed by atoms with van der Waals surface area (Å²) in [6.45, 7) is 0.981. The number of benzene rings is 1. The summed E-state index contributed by atoms with van der Waals surface area (Å²) in [5.74, 6) is 0.0115. The summed E-state index contributed by atoms with van der Waals surface area (Å²) in [5, 5.41) is 10.00. The van der Waals surface area contributed by atoms with E-state index in [0.717, 1.165) is 5.56 Å². The highest BCUT2D eigenvalue weighted by Gasteiger charge is 2.27. The first-order valence-corrected chi connectivity index (χ1v) is 5.23. The van der Waals surface area contributed by atoms with Crippen LogP contribution >= 0.6 is 11.6 Å². The Kier molecular flexibility index (Phi) is 2.93. The van der Waals surface area contributed by atoms with Crippen LogP contribution in [-0.4, -0.2) is 28.6 Å². The first-order valence-electron chi connectivity index (χ1n) is 4.85. The Labute approximate surface area is 93.3 Å². The number of aliphatic hydroxyl groups excluding tert-OH is 1. The van der Waals surface area contributed by atoms with Crippen molar-refractivity contribution in [3.63, 3.8) is 0 Å². The number of nitrogens with zero attached hydrogens (tertiary/aromatic N) is 1. The maximum absolute atomic E-state index is 11.4. The highest BCUT2D eigenvalue weighted by atomic mass is 35.5. The summed E-state index contributed by atoms with van der Waals surface area (Å²) in [6.07, 6.45) is -0.266. The maximum atomic E-state index is 11.4. The minimum absolute atomic E-state index is 0.0115. The van der Waals surface area contributed by atoms with Gasteiger partial charge >= 0.3 is 0 Å². The number of hydrogen-bond acceptors (Lipinski definition) is 2. The third-order valence-corrected chi connectivity index (χ3v) is 2.73. The van der Waals surface area contributed by atoms with Crippen molar-refractivity contribution in [2.45, 2.75) is 19.1 Å². The molecule has 0 aliphatic carbocycles. The number of amides is 1. The smallest absolute Gasteiger partial charge is 0.225 e. The number of rotatable bonds is 2. The number of likely N-dealkylation sites (tertiary alicyclic amines) is 1. The molecular formula is C11H12ClNO2. The fourth-order valence-corrected chi connectivity index (χ4v) is 1.84. The van der Waals surface area contributed by atoms with E-state index in [2.05, 4.69) is 0 Å². The number of hydrogen-bond donors (Lipinski definition) is 1. The quantitative estimate of drug-likeness (QED) is 0.828. The normalized spacial score (nSPS) is 21.1. The molecular weight excluding hydrogens is 214 g/mol. The zero-order chi connectivity index (χ0) is 10.8. The van der Waals surface area contributed by atoms with E-state index in [1.54, 1.807) is 17.0 Å². The summed E-state index contributed by atoms with van der Waals surface area (Å²) in [5.41, 5.74) is 1.03. The summed E-state index contributed by atoms with van der Waals surface area (Å²) in [4.78, 5) is 13.1. The van der Waals surface area contributed by atoms with Crippen LogP contribution < -0.4 is 0 Å². The average molecular weight is 226 g/mol. The molecule has 1 heterocycles. The van der Waals surface area contributed by atoms with Gasteiger partial charge in [0.25, 0.3) is 0 Å². The lowest BCUT2D eigenvalue weighted by Gasteiger charge is -2.15. The van der Waals surface area contributed by atoms with Gasteiger partial charge in [0, 0.05) is 18.1 Å². The highest BCUT2D eigenvalue weighted by Crippen LogP contribution is 2.16. The monoisotopic (exact) mass is 225 g/mol. The average Bonchev–Trinajstić information content (AvgIpc) is 2.49. The van der Waals surface area contributed by atoms with E-state index >= 15 is 0 Å². The highest BCUT2D eigenvalue weighted by molar-refractivity contribution is 6.30. The Morgan fingerprint density at radius 1 is 1.40 bits per heavy atom. The number of carbonyl (C=O) groups is 1. The van der Waals surface area contributed by atoms with Crippen LogP contribution in [0.1, 0.15) is 12.0 Å². The van der Waals surface area contributed by atoms with Crippen LogP contribution in [0.15, 0.2) is 24.3 Å². The van der Waals surface area contributed by atoms with Gasteiger partial charge in [-0.05, 0) is 17.7 Å². The molecule has 1 N–H and O–H groups in total. The lowest BCUT2D eigenvalue weighted by atomic mass is 10.2. The molecule has 1 fully saturated rings. The van der Waals surface area contributed by atoms with Gasteiger partial charge in [0.15, 0.2) is 0 Å². The predicted molar refractivity (Wildman–Crippen MR) is 57.5 cm³/mol. The minimum atomic E-state index is -0.509. The Hall–Kier alpha value is -1.06. The van der Waals surface area contributed by atoms with Crippen LogP contribution in [0.5, 0.6) is 0 Å². The van der Waals surface area contributed by atoms with E-state index in [-0.39, 0.29) is 12.3 Å². The van der Waals surface area contributed by atoms with Crippen molar-refractivity contribution in [1.82, 2.24) is 4.90 Å². The maximum Gasteiger partial charge on any atom is 0.225 e. The first-order chi connectivity index (χ1) is 7.15. The van der Waals surface area contributed by atoms with Gasteiger partial charge in [0.1, 0.15) is 0 Å². The summed E-state index contributed by atoms with van der Waals surface area (Å²) in [6, 6.07) is 7.38. The van der Waals surface area contributed by atoms with Gasteiger partial charge in [-0.25, -0.2) is 0 Å². The molecule has 15 heavy (non-hydrogen) atoms. The van der Waals surface area contributed by atoms with Crippen LogP contribution in [0, 0.1) is 0 Å². The van der Waals surface area contributed by atoms with E-state index in [1.165, 1.54) is 0 Å². The molecule has 1 unspecified atom stereocenters. The van der Waals surface area contributed by atoms with Crippen molar-refractivity contribution in [1.29, 1.82) is 0 Å². The van der Waals surface area contributed by atoms with Crippen molar-refractivity contribution in [3.8, 4) is 0 Å². The van der Waals surface area contributed by atoms with Gasteiger partial charge in [0.05, 0.1) is 12.5 Å². The Balaban J connectivity index is 2.03. The molecule has 80 valence electrons. The molecule has 0 saturated carbocycles. The molecule has 0 radical (unpaired) electrons. The largest absolute Gasteiger partial charge is 0.391 e. The standard InChI is InChI=1S/C11H12ClNO2/c12-9-3-1-8(2-4-9)6-13-7-10(14)5-11(13)15/h1-4,10,14H,5-7H2. The molecule has 1 atom stereocenters. The molecule has 1 saturated heterocycles. The zero-order valence-corrected chi connectivity index (χ0v) is 8.94. The van der Waals surface area contributed by atoms with Crippen molar-refractivity contribution < 1.29 is 9.90 Å². The number of β-amino-alcohol motifs (C(OH)–C–C–N with tert-alkyl or cyclic N) is 1. The molecule has 4 heteroatoms. The molecule has 1 aliphatic heterocycles. The second-order valence-corrected chi connectivity index (χ2v) is 4.20. The third-order valence-electron chi connectivity index (χ3n) is 2.48. The van der Waals surface area contributed by atoms with E-state index in [0.29, 0.717) is 18.1 Å². The molecule has 0 bridgehead atoms. The molecule has 1 amide bonds. The van der Waals surface area contributed by atoms with Crippen LogP contribution in [-0.2, 0) is 11.3 Å². The number of carbonyl (C=O) groups excluding carboxylic acids is 1. The summed E-state index contributed by atoms with van der Waals surface area (Å²) in [7, 11) is 0. The number of aliphatic hydroxyl groups is 1. The first kappa shape index (κ1) is 10.5. The van der Waals surface area contributed by atoms with Gasteiger partial charge in [-0.2, -0.15) is 0 Å². The predicted octanol–water partition coefficient (Wildman–Crippen LogP) is 1.43. The third kappa shape index (κ3) is 2.49. The van der Waals surface area contributed by atoms with Gasteiger partial charge in [-0.1, -0.05) is 23.7 Å². The van der Waals surface area contributed by atoms with E-state index in [9.17, 15) is 9.90 Å². The van der Waals surface area contributed by atoms with Gasteiger partial charge < -0.3 is 10.0 Å². The Morgan fingerprint density at radius 2 is 2.07 bits per heavy atom. The van der Waals surface area contributed by atoms with Gasteiger partial charge in [0.2, 0.25) is 5.91 Å². The van der Waals surface area contributed by atoms with E-state index in [4.69, 9.17) is 11.6 Å². The molecule has 0 aromatic heterocycles. The fourth-order valence-electron chi connectivity index (χ4n) is 1.71. The van der Waals surface area contributed by atoms with Gasteiger partial charge in [-0.3, -0.25) is 4.79 Å². The fraction of sp³-hybridized carbons (Fsp3) is 0.364. The molecule has 3 nitrogen and oxygen atoms in total. The van der Waals surface area contributed by atoms with Crippen molar-refractivity contribution in [2.24, 2.45) is 0 Å². The van der Waals surface area contributed by atoms with E-state index < -0.39 is 6.10 Å². The van der Waals surface area contributed by atoms with Crippen LogP contribution in [0.4, 0.5) is 0 Å². The van der Waals surface area contributed by atoms with Gasteiger partial charge in [-0.15, -0.1) is 0 Å². The molecule has 1 aromatic carbocycles. The molecule has 1 aromatic rings. The minimum Gasteiger partial charge on any atom is -0.391 e. The van der Waals surface area contributed by atoms with Crippen LogP contribution in [0.25, 0.3) is 0 Å². The molecule has 1 aliphatic rings. The second-order valence-electron chi connectivity index (χ2n) is 3.76. The van der Waals surface area contributed by atoms with Crippen LogP contribution in [0.2, 0.25) is 5.02 Å². The summed E-state index contributed by atoms with van der Waals surface area (Å²) < 4.78 is 0. The second kappa shape index (κ2) is 4.21. The van der Waals surface area contributed by atoms with Crippen molar-refractivity contribution in [3.05, 3.63) is 34.9 Å². The lowest BCUT2D eigenvalue weighted by molar-refractivity contribution is -0.128. The molecule has 0 spiro atoms. The Morgan fingerprint density at radius 3 is 2.60 bits per heavy atom. The zero-order valence-electron chi connectivity index (χ0n) is 8.19.